The highest BCUT2D eigenvalue weighted by molar-refractivity contribution is 6.33. The molecule has 3 aliphatic rings. The Hall–Kier alpha value is -2.95. The highest BCUT2D eigenvalue weighted by atomic mass is 16.3. The molecule has 0 aromatic heterocycles. The zero-order chi connectivity index (χ0) is 29.2. The number of ketones is 4. The highest BCUT2D eigenvalue weighted by Crippen LogP contribution is 2.61. The van der Waals surface area contributed by atoms with Gasteiger partial charge in [0, 0.05) is 12.0 Å². The van der Waals surface area contributed by atoms with Gasteiger partial charge in [-0.05, 0) is 62.0 Å². The zero-order valence-corrected chi connectivity index (χ0v) is 23.5. The van der Waals surface area contributed by atoms with Crippen LogP contribution in [0.25, 0.3) is 0 Å². The Labute approximate surface area is 228 Å². The first-order chi connectivity index (χ1) is 18.1. The lowest BCUT2D eigenvalue weighted by Gasteiger charge is -2.61. The first kappa shape index (κ1) is 29.0. The molecule has 10 heteroatoms. The van der Waals surface area contributed by atoms with E-state index in [-0.39, 0.29) is 24.2 Å². The number of nitrogens with two attached hydrogens (primary N) is 1. The van der Waals surface area contributed by atoms with E-state index in [9.17, 15) is 34.2 Å². The number of rotatable bonds is 7. The quantitative estimate of drug-likeness (QED) is 0.365. The van der Waals surface area contributed by atoms with Gasteiger partial charge < -0.3 is 21.3 Å². The van der Waals surface area contributed by atoms with Crippen LogP contribution in [-0.4, -0.2) is 76.4 Å². The van der Waals surface area contributed by atoms with Gasteiger partial charge in [-0.25, -0.2) is 0 Å². The number of amides is 1. The lowest BCUT2D eigenvalue weighted by Crippen LogP contribution is -2.79. The molecule has 1 aromatic rings. The summed E-state index contributed by atoms with van der Waals surface area (Å²) < 4.78 is 0. The second-order valence-corrected chi connectivity index (χ2v) is 12.5. The minimum atomic E-state index is -2.79. The summed E-state index contributed by atoms with van der Waals surface area (Å²) in [6.07, 6.45) is 1.19. The van der Waals surface area contributed by atoms with Crippen LogP contribution in [0.2, 0.25) is 0 Å². The highest BCUT2D eigenvalue weighted by Gasteiger charge is 2.76. The monoisotopic (exact) mass is 541 g/mol. The number of carbonyl (C=O) groups excluding carboxylic acids is 5. The molecule has 10 nitrogen and oxygen atoms in total. The molecule has 1 aromatic carbocycles. The fourth-order valence-corrected chi connectivity index (χ4v) is 7.54. The topological polar surface area (TPSA) is 167 Å². The Balaban J connectivity index is 1.87. The lowest BCUT2D eigenvalue weighted by atomic mass is 9.42. The molecular weight excluding hydrogens is 502 g/mol. The number of nitrogens with zero attached hydrogens (tertiary/aromatic N) is 1. The standard InChI is InChI=1S/C29H39N3O7/c1-7-14(2)11-31-12-15-8-9-17(33)18-16(15)10-27(3)13-28(4)23(32(5)6)22(35)19(26(30)38)24(36)29(28,39)25(37)20(27)21(18)34/h8-9,14,19-20,23,31,33,39H,7,10-13H2,1-6H3,(H2,30,38)/t14?,19?,20?,23-,27+,28+,29-/m1/s1. The Morgan fingerprint density at radius 1 is 1.18 bits per heavy atom. The van der Waals surface area contributed by atoms with Gasteiger partial charge in [-0.3, -0.25) is 28.9 Å². The number of carbonyl (C=O) groups is 5. The van der Waals surface area contributed by atoms with Crippen LogP contribution in [0, 0.1) is 28.6 Å². The predicted molar refractivity (Wildman–Crippen MR) is 142 cm³/mol. The average Bonchev–Trinajstić information content (AvgIpc) is 2.82. The minimum absolute atomic E-state index is 0.0100. The van der Waals surface area contributed by atoms with Gasteiger partial charge in [-0.1, -0.05) is 40.2 Å². The molecular formula is C29H39N3O7. The molecule has 0 saturated heterocycles. The van der Waals surface area contributed by atoms with E-state index in [4.69, 9.17) is 5.73 Å². The van der Waals surface area contributed by atoms with Crippen molar-refractivity contribution in [3.8, 4) is 5.75 Å². The maximum absolute atomic E-state index is 14.2. The molecule has 0 radical (unpaired) electrons. The molecule has 39 heavy (non-hydrogen) atoms. The van der Waals surface area contributed by atoms with Crippen molar-refractivity contribution in [3.05, 3.63) is 28.8 Å². The first-order valence-corrected chi connectivity index (χ1v) is 13.5. The van der Waals surface area contributed by atoms with E-state index in [0.29, 0.717) is 18.0 Å². The van der Waals surface area contributed by atoms with Gasteiger partial charge in [-0.2, -0.15) is 0 Å². The molecule has 3 aliphatic carbocycles. The van der Waals surface area contributed by atoms with Crippen molar-refractivity contribution in [2.24, 2.45) is 34.3 Å². The predicted octanol–water partition coefficient (Wildman–Crippen LogP) is 0.783. The van der Waals surface area contributed by atoms with Crippen LogP contribution in [0.1, 0.15) is 62.0 Å². The molecule has 0 heterocycles. The normalized spacial score (nSPS) is 34.9. The number of hydrogen-bond donors (Lipinski definition) is 4. The Kier molecular flexibility index (Phi) is 7.15. The van der Waals surface area contributed by atoms with Crippen molar-refractivity contribution in [2.75, 3.05) is 20.6 Å². The number of nitrogens with one attached hydrogen (secondary N) is 1. The summed E-state index contributed by atoms with van der Waals surface area (Å²) in [5.41, 5.74) is 1.34. The number of phenolic OH excluding ortho intramolecular Hbond substituents is 1. The van der Waals surface area contributed by atoms with E-state index in [0.717, 1.165) is 18.5 Å². The minimum Gasteiger partial charge on any atom is -0.507 e. The fraction of sp³-hybridized carbons (Fsp3) is 0.621. The number of aromatic hydroxyl groups is 1. The third-order valence-electron chi connectivity index (χ3n) is 9.47. The second kappa shape index (κ2) is 9.60. The molecule has 0 aliphatic heterocycles. The molecule has 1 amide bonds. The van der Waals surface area contributed by atoms with Crippen LogP contribution < -0.4 is 11.1 Å². The summed E-state index contributed by atoms with van der Waals surface area (Å²) in [6, 6.07) is 1.99. The van der Waals surface area contributed by atoms with Crippen molar-refractivity contribution in [1.82, 2.24) is 10.2 Å². The van der Waals surface area contributed by atoms with Crippen LogP contribution in [0.5, 0.6) is 5.75 Å². The van der Waals surface area contributed by atoms with Crippen molar-refractivity contribution in [2.45, 2.75) is 65.1 Å². The fourth-order valence-electron chi connectivity index (χ4n) is 7.54. The van der Waals surface area contributed by atoms with Gasteiger partial charge >= 0.3 is 0 Å². The van der Waals surface area contributed by atoms with Crippen LogP contribution in [0.4, 0.5) is 0 Å². The van der Waals surface area contributed by atoms with E-state index >= 15 is 0 Å². The molecule has 0 bridgehead atoms. The van der Waals surface area contributed by atoms with Gasteiger partial charge in [0.25, 0.3) is 0 Å². The summed E-state index contributed by atoms with van der Waals surface area (Å²) in [4.78, 5) is 68.9. The van der Waals surface area contributed by atoms with Crippen molar-refractivity contribution >= 4 is 29.0 Å². The summed E-state index contributed by atoms with van der Waals surface area (Å²) in [7, 11) is 3.14. The van der Waals surface area contributed by atoms with Gasteiger partial charge in [0.2, 0.25) is 5.91 Å². The number of benzene rings is 1. The number of primary amides is 1. The molecule has 2 fully saturated rings. The van der Waals surface area contributed by atoms with Crippen LogP contribution >= 0.6 is 0 Å². The number of aliphatic hydroxyl groups is 1. The van der Waals surface area contributed by atoms with Gasteiger partial charge in [-0.15, -0.1) is 0 Å². The molecule has 3 unspecified atom stereocenters. The number of phenols is 1. The average molecular weight is 542 g/mol. The van der Waals surface area contributed by atoms with E-state index in [1.165, 1.54) is 17.9 Å². The first-order valence-electron chi connectivity index (χ1n) is 13.5. The summed E-state index contributed by atoms with van der Waals surface area (Å²) >= 11 is 0. The Morgan fingerprint density at radius 2 is 1.82 bits per heavy atom. The smallest absolute Gasteiger partial charge is 0.235 e. The summed E-state index contributed by atoms with van der Waals surface area (Å²) in [5, 5.41) is 26.1. The van der Waals surface area contributed by atoms with E-state index < -0.39 is 63.3 Å². The molecule has 7 atom stereocenters. The largest absolute Gasteiger partial charge is 0.507 e. The van der Waals surface area contributed by atoms with Crippen LogP contribution in [-0.2, 0) is 32.1 Å². The van der Waals surface area contributed by atoms with Gasteiger partial charge in [0.15, 0.2) is 34.7 Å². The van der Waals surface area contributed by atoms with Gasteiger partial charge in [0.05, 0.1) is 17.5 Å². The zero-order valence-electron chi connectivity index (χ0n) is 23.5. The van der Waals surface area contributed by atoms with Crippen LogP contribution in [0.3, 0.4) is 0 Å². The molecule has 2 saturated carbocycles. The number of fused-ring (bicyclic) bond motifs is 3. The third kappa shape index (κ3) is 3.98. The third-order valence-corrected chi connectivity index (χ3v) is 9.47. The summed E-state index contributed by atoms with van der Waals surface area (Å²) in [6.45, 7) is 8.70. The Morgan fingerprint density at radius 3 is 2.38 bits per heavy atom. The van der Waals surface area contributed by atoms with Crippen molar-refractivity contribution in [1.29, 1.82) is 0 Å². The lowest BCUT2D eigenvalue weighted by molar-refractivity contribution is -0.203. The Bertz CT molecular complexity index is 1280. The maximum atomic E-state index is 14.2. The van der Waals surface area contributed by atoms with E-state index in [2.05, 4.69) is 19.2 Å². The molecule has 5 N–H and O–H groups in total. The number of Topliss-reactive ketones (excluding diaryl/α,β-unsaturated/α-hetero) is 4. The van der Waals surface area contributed by atoms with E-state index in [1.54, 1.807) is 27.1 Å². The molecule has 212 valence electrons. The molecule has 4 rings (SSSR count). The van der Waals surface area contributed by atoms with Crippen molar-refractivity contribution < 1.29 is 34.2 Å². The summed E-state index contributed by atoms with van der Waals surface area (Å²) in [5.74, 6) is -8.32. The SMILES string of the molecule is CCC(C)CNCc1ccc(O)c2c1C[C@@]1(C)C[C@@]3(C)[C@H](N(C)C)C(=O)C(C(N)=O)C(=O)[C@@]3(O)C(=O)C1C2=O. The second-order valence-electron chi connectivity index (χ2n) is 12.5. The number of likely N-dealkylation sites (N-methyl/N-ethyl adjacent to an activating group) is 1. The maximum Gasteiger partial charge on any atom is 0.235 e. The van der Waals surface area contributed by atoms with E-state index in [1.807, 2.05) is 0 Å². The number of hydrogen-bond acceptors (Lipinski definition) is 9. The van der Waals surface area contributed by atoms with Crippen LogP contribution in [0.15, 0.2) is 12.1 Å². The van der Waals surface area contributed by atoms with Crippen molar-refractivity contribution in [3.63, 3.8) is 0 Å². The van der Waals surface area contributed by atoms with Gasteiger partial charge in [0.1, 0.15) is 5.75 Å². The molecule has 0 spiro atoms.